The molecule has 1 aliphatic heterocycles. The van der Waals surface area contributed by atoms with Crippen LogP contribution in [0.15, 0.2) is 0 Å². The fourth-order valence-corrected chi connectivity index (χ4v) is 4.54. The van der Waals surface area contributed by atoms with Crippen molar-refractivity contribution in [3.8, 4) is 0 Å². The largest absolute Gasteiger partial charge is 0.475 e. The van der Waals surface area contributed by atoms with Crippen molar-refractivity contribution in [3.05, 3.63) is 0 Å². The second-order valence-corrected chi connectivity index (χ2v) is 5.78. The van der Waals surface area contributed by atoms with E-state index in [1.54, 1.807) is 0 Å². The smallest absolute Gasteiger partial charge is 0.383 e. The van der Waals surface area contributed by atoms with Gasteiger partial charge in [0.05, 0.1) is 12.7 Å². The van der Waals surface area contributed by atoms with Crippen LogP contribution >= 0.6 is 11.8 Å². The fraction of sp³-hybridized carbons (Fsp3) is 0.800. The number of hydrogen-bond acceptors (Lipinski definition) is 4. The lowest BCUT2D eigenvalue weighted by atomic mass is 9.90. The Labute approximate surface area is 91.4 Å². The van der Waals surface area contributed by atoms with E-state index in [1.165, 1.54) is 0 Å². The molecule has 0 aromatic rings. The van der Waals surface area contributed by atoms with Crippen LogP contribution in [0, 0.1) is 17.8 Å². The Bertz CT molecular complexity index is 327. The molecule has 3 fully saturated rings. The highest BCUT2D eigenvalue weighted by Gasteiger charge is 2.57. The summed E-state index contributed by atoms with van der Waals surface area (Å²) in [5.41, 5.74) is 0. The number of aliphatic carboxylic acids is 1. The maximum Gasteiger partial charge on any atom is 0.383 e. The Morgan fingerprint density at radius 2 is 2.07 bits per heavy atom. The number of thioether (sulfide) groups is 1. The van der Waals surface area contributed by atoms with E-state index in [2.05, 4.69) is 0 Å². The van der Waals surface area contributed by atoms with Crippen molar-refractivity contribution in [1.29, 1.82) is 0 Å². The molecule has 2 saturated carbocycles. The Morgan fingerprint density at radius 3 is 2.80 bits per heavy atom. The molecule has 1 saturated heterocycles. The highest BCUT2D eigenvalue weighted by Crippen LogP contribution is 2.57. The maximum atomic E-state index is 11.2. The van der Waals surface area contributed by atoms with Crippen molar-refractivity contribution in [2.45, 2.75) is 24.2 Å². The topological polar surface area (TPSA) is 63.6 Å². The third-order valence-electron chi connectivity index (χ3n) is 3.92. The first-order valence-electron chi connectivity index (χ1n) is 5.22. The summed E-state index contributed by atoms with van der Waals surface area (Å²) >= 11 is 0.974. The van der Waals surface area contributed by atoms with Crippen molar-refractivity contribution in [3.63, 3.8) is 0 Å². The van der Waals surface area contributed by atoms with Crippen molar-refractivity contribution >= 4 is 22.8 Å². The summed E-state index contributed by atoms with van der Waals surface area (Å²) in [7, 11) is 0. The predicted molar refractivity (Wildman–Crippen MR) is 53.5 cm³/mol. The minimum atomic E-state index is -1.34. The molecule has 15 heavy (non-hydrogen) atoms. The normalized spacial score (nSPS) is 46.0. The van der Waals surface area contributed by atoms with Gasteiger partial charge in [-0.05, 0) is 30.6 Å². The van der Waals surface area contributed by atoms with Crippen LogP contribution in [0.5, 0.6) is 0 Å². The fourth-order valence-electron chi connectivity index (χ4n) is 3.37. The van der Waals surface area contributed by atoms with Gasteiger partial charge in [0.1, 0.15) is 0 Å². The van der Waals surface area contributed by atoms with Crippen LogP contribution in [0.1, 0.15) is 12.8 Å². The molecule has 0 aromatic carbocycles. The van der Waals surface area contributed by atoms with Crippen LogP contribution in [-0.4, -0.2) is 34.2 Å². The van der Waals surface area contributed by atoms with Gasteiger partial charge >= 0.3 is 5.97 Å². The molecule has 3 aliphatic rings. The molecule has 5 atom stereocenters. The highest BCUT2D eigenvalue weighted by molar-refractivity contribution is 8.15. The third-order valence-corrected chi connectivity index (χ3v) is 5.23. The Morgan fingerprint density at radius 1 is 1.27 bits per heavy atom. The van der Waals surface area contributed by atoms with Gasteiger partial charge in [-0.1, -0.05) is 11.8 Å². The highest BCUT2D eigenvalue weighted by atomic mass is 32.2. The molecule has 2 aliphatic carbocycles. The van der Waals surface area contributed by atoms with Crippen molar-refractivity contribution in [2.24, 2.45) is 17.8 Å². The molecule has 1 heterocycles. The molecule has 0 radical (unpaired) electrons. The van der Waals surface area contributed by atoms with Gasteiger partial charge in [-0.2, -0.15) is 0 Å². The average Bonchev–Trinajstić information content (AvgIpc) is 2.76. The number of fused-ring (bicyclic) bond motifs is 1. The van der Waals surface area contributed by atoms with E-state index in [0.717, 1.165) is 31.2 Å². The molecule has 5 heteroatoms. The molecule has 3 rings (SSSR count). The number of hydrogen-bond donors (Lipinski definition) is 1. The molecule has 0 aromatic heterocycles. The van der Waals surface area contributed by atoms with Crippen molar-refractivity contribution in [2.75, 3.05) is 6.61 Å². The summed E-state index contributed by atoms with van der Waals surface area (Å²) in [6.45, 7) is 0.810. The number of rotatable bonds is 1. The van der Waals surface area contributed by atoms with E-state index in [1.807, 2.05) is 0 Å². The summed E-state index contributed by atoms with van der Waals surface area (Å²) in [6, 6.07) is 0. The SMILES string of the molecule is O=C(O)C(=O)SC1C2CC3COC1C3C2. The second-order valence-electron chi connectivity index (χ2n) is 4.63. The maximum absolute atomic E-state index is 11.2. The van der Waals surface area contributed by atoms with Crippen LogP contribution in [0.2, 0.25) is 0 Å². The van der Waals surface area contributed by atoms with E-state index < -0.39 is 11.1 Å². The van der Waals surface area contributed by atoms with Crippen LogP contribution in [0.25, 0.3) is 0 Å². The molecule has 1 N–H and O–H groups in total. The zero-order valence-electron chi connectivity index (χ0n) is 8.09. The van der Waals surface area contributed by atoms with Gasteiger partial charge in [0.2, 0.25) is 0 Å². The first kappa shape index (κ1) is 9.66. The molecular weight excluding hydrogens is 216 g/mol. The zero-order valence-corrected chi connectivity index (χ0v) is 8.90. The molecule has 0 amide bonds. The summed E-state index contributed by atoms with van der Waals surface area (Å²) in [6.07, 6.45) is 2.38. The minimum Gasteiger partial charge on any atom is -0.475 e. The van der Waals surface area contributed by atoms with E-state index in [-0.39, 0.29) is 11.4 Å². The molecule has 5 unspecified atom stereocenters. The van der Waals surface area contributed by atoms with Gasteiger partial charge in [-0.25, -0.2) is 4.79 Å². The van der Waals surface area contributed by atoms with E-state index in [4.69, 9.17) is 9.84 Å². The Balaban J connectivity index is 1.73. The summed E-state index contributed by atoms with van der Waals surface area (Å²) < 4.78 is 5.66. The summed E-state index contributed by atoms with van der Waals surface area (Å²) in [5.74, 6) is 0.434. The third kappa shape index (κ3) is 1.33. The lowest BCUT2D eigenvalue weighted by Crippen LogP contribution is -2.31. The quantitative estimate of drug-likeness (QED) is 0.671. The summed E-state index contributed by atoms with van der Waals surface area (Å²) in [4.78, 5) is 21.6. The average molecular weight is 228 g/mol. The molecule has 2 bridgehead atoms. The zero-order chi connectivity index (χ0) is 10.6. The van der Waals surface area contributed by atoms with Gasteiger partial charge in [0.25, 0.3) is 5.12 Å². The standard InChI is InChI=1S/C10H12O4S/c11-9(12)10(13)15-8-4-1-5-3-14-7(8)6(5)2-4/h4-8H,1-3H2,(H,11,12). The van der Waals surface area contributed by atoms with Crippen molar-refractivity contribution in [1.82, 2.24) is 0 Å². The Hall–Kier alpha value is -0.550. The number of ether oxygens (including phenoxy) is 1. The first-order chi connectivity index (χ1) is 7.16. The molecule has 4 nitrogen and oxygen atoms in total. The van der Waals surface area contributed by atoms with Gasteiger partial charge in [-0.15, -0.1) is 0 Å². The molecule has 82 valence electrons. The van der Waals surface area contributed by atoms with Crippen LogP contribution in [-0.2, 0) is 14.3 Å². The number of carboxylic acids is 1. The van der Waals surface area contributed by atoms with E-state index in [9.17, 15) is 9.59 Å². The van der Waals surface area contributed by atoms with Crippen LogP contribution in [0.3, 0.4) is 0 Å². The molecular formula is C10H12O4S. The minimum absolute atomic E-state index is 0.0948. The second kappa shape index (κ2) is 3.22. The lowest BCUT2D eigenvalue weighted by molar-refractivity contribution is -0.145. The monoisotopic (exact) mass is 228 g/mol. The van der Waals surface area contributed by atoms with Gasteiger partial charge in [-0.3, -0.25) is 4.79 Å². The number of carbonyl (C=O) groups is 2. The van der Waals surface area contributed by atoms with E-state index in [0.29, 0.717) is 17.8 Å². The predicted octanol–water partition coefficient (Wildman–Crippen LogP) is 0.754. The van der Waals surface area contributed by atoms with Gasteiger partial charge < -0.3 is 9.84 Å². The van der Waals surface area contributed by atoms with Crippen molar-refractivity contribution < 1.29 is 19.4 Å². The van der Waals surface area contributed by atoms with Crippen LogP contribution < -0.4 is 0 Å². The summed E-state index contributed by atoms with van der Waals surface area (Å²) in [5, 5.41) is 7.93. The molecule has 0 spiro atoms. The Kier molecular flexibility index (Phi) is 2.07. The van der Waals surface area contributed by atoms with Gasteiger partial charge in [0, 0.05) is 5.25 Å². The van der Waals surface area contributed by atoms with Gasteiger partial charge in [0.15, 0.2) is 0 Å². The number of carbonyl (C=O) groups excluding carboxylic acids is 1. The van der Waals surface area contributed by atoms with E-state index >= 15 is 0 Å². The number of carboxylic acid groups (broad SMARTS) is 1. The van der Waals surface area contributed by atoms with Crippen LogP contribution in [0.4, 0.5) is 0 Å². The first-order valence-corrected chi connectivity index (χ1v) is 6.10. The lowest BCUT2D eigenvalue weighted by Gasteiger charge is -2.24.